The third-order valence-electron chi connectivity index (χ3n) is 2.91. The van der Waals surface area contributed by atoms with E-state index in [1.165, 1.54) is 6.20 Å². The van der Waals surface area contributed by atoms with E-state index in [2.05, 4.69) is 32.9 Å². The van der Waals surface area contributed by atoms with Gasteiger partial charge >= 0.3 is 0 Å². The summed E-state index contributed by atoms with van der Waals surface area (Å²) in [6, 6.07) is 2.02. The first kappa shape index (κ1) is 13.0. The molecule has 96 valence electrons. The lowest BCUT2D eigenvalue weighted by Crippen LogP contribution is -2.25. The maximum Gasteiger partial charge on any atom is 0.268 e. The van der Waals surface area contributed by atoms with E-state index in [1.807, 2.05) is 24.7 Å². The van der Waals surface area contributed by atoms with Gasteiger partial charge in [-0.05, 0) is 35.3 Å². The molecule has 0 aliphatic heterocycles. The summed E-state index contributed by atoms with van der Waals surface area (Å²) in [5.41, 5.74) is 1.96. The van der Waals surface area contributed by atoms with Gasteiger partial charge in [0.2, 0.25) is 0 Å². The molecular formula is C12H15BrN4O. The van der Waals surface area contributed by atoms with Crippen LogP contribution in [0.25, 0.3) is 0 Å². The smallest absolute Gasteiger partial charge is 0.268 e. The van der Waals surface area contributed by atoms with E-state index < -0.39 is 0 Å². The second-order valence-electron chi connectivity index (χ2n) is 4.15. The quantitative estimate of drug-likeness (QED) is 0.866. The van der Waals surface area contributed by atoms with Crippen LogP contribution in [-0.2, 0) is 20.0 Å². The number of halogens is 1. The van der Waals surface area contributed by atoms with Crippen molar-refractivity contribution in [3.05, 3.63) is 44.3 Å². The van der Waals surface area contributed by atoms with Gasteiger partial charge in [0.1, 0.15) is 10.3 Å². The molecule has 0 atom stereocenters. The van der Waals surface area contributed by atoms with Gasteiger partial charge < -0.3 is 0 Å². The fraction of sp³-hybridized carbons (Fsp3) is 0.417. The van der Waals surface area contributed by atoms with Crippen molar-refractivity contribution in [2.75, 3.05) is 0 Å². The summed E-state index contributed by atoms with van der Waals surface area (Å²) in [4.78, 5) is 16.2. The Morgan fingerprint density at radius 3 is 2.78 bits per heavy atom. The summed E-state index contributed by atoms with van der Waals surface area (Å²) in [5.74, 6) is 0.697. The van der Waals surface area contributed by atoms with Gasteiger partial charge in [0.15, 0.2) is 0 Å². The Morgan fingerprint density at radius 1 is 1.44 bits per heavy atom. The monoisotopic (exact) mass is 310 g/mol. The molecule has 0 bridgehead atoms. The third-order valence-corrected chi connectivity index (χ3v) is 3.46. The van der Waals surface area contributed by atoms with Crippen LogP contribution in [-0.4, -0.2) is 19.3 Å². The van der Waals surface area contributed by atoms with Crippen LogP contribution < -0.4 is 5.56 Å². The Bertz CT molecular complexity index is 629. The van der Waals surface area contributed by atoms with Crippen LogP contribution >= 0.6 is 15.9 Å². The first-order valence-electron chi connectivity index (χ1n) is 5.76. The number of aromatic nitrogens is 4. The summed E-state index contributed by atoms with van der Waals surface area (Å²) in [7, 11) is 1.89. The number of rotatable bonds is 3. The summed E-state index contributed by atoms with van der Waals surface area (Å²) in [6.45, 7) is 4.37. The van der Waals surface area contributed by atoms with Crippen molar-refractivity contribution in [3.63, 3.8) is 0 Å². The van der Waals surface area contributed by atoms with E-state index in [0.29, 0.717) is 16.8 Å². The molecule has 0 fully saturated rings. The van der Waals surface area contributed by atoms with Crippen LogP contribution in [0.2, 0.25) is 0 Å². The summed E-state index contributed by atoms with van der Waals surface area (Å²) in [6.07, 6.45) is 2.42. The van der Waals surface area contributed by atoms with Crippen molar-refractivity contribution in [1.82, 2.24) is 19.3 Å². The Labute approximate surface area is 114 Å². The van der Waals surface area contributed by atoms with Gasteiger partial charge in [0.25, 0.3) is 5.56 Å². The first-order chi connectivity index (χ1) is 8.52. The molecule has 5 nitrogen and oxygen atoms in total. The van der Waals surface area contributed by atoms with Crippen LogP contribution in [0, 0.1) is 6.92 Å². The second-order valence-corrected chi connectivity index (χ2v) is 5.00. The zero-order valence-electron chi connectivity index (χ0n) is 10.6. The van der Waals surface area contributed by atoms with Crippen molar-refractivity contribution in [1.29, 1.82) is 0 Å². The van der Waals surface area contributed by atoms with Crippen molar-refractivity contribution in [2.24, 2.45) is 7.05 Å². The molecule has 2 rings (SSSR count). The molecule has 0 aliphatic rings. The highest BCUT2D eigenvalue weighted by molar-refractivity contribution is 9.10. The van der Waals surface area contributed by atoms with Crippen LogP contribution in [0.1, 0.15) is 24.1 Å². The highest BCUT2D eigenvalue weighted by Crippen LogP contribution is 2.08. The average molecular weight is 311 g/mol. The molecule has 18 heavy (non-hydrogen) atoms. The third kappa shape index (κ3) is 2.38. The zero-order valence-corrected chi connectivity index (χ0v) is 12.2. The highest BCUT2D eigenvalue weighted by atomic mass is 79.9. The zero-order chi connectivity index (χ0) is 13.3. The average Bonchev–Trinajstić information content (AvgIpc) is 2.70. The van der Waals surface area contributed by atoms with Gasteiger partial charge in [-0.15, -0.1) is 0 Å². The Kier molecular flexibility index (Phi) is 3.65. The van der Waals surface area contributed by atoms with E-state index >= 15 is 0 Å². The van der Waals surface area contributed by atoms with E-state index in [4.69, 9.17) is 0 Å². The predicted molar refractivity (Wildman–Crippen MR) is 72.6 cm³/mol. The Balaban J connectivity index is 2.42. The molecule has 0 spiro atoms. The molecule has 0 radical (unpaired) electrons. The normalized spacial score (nSPS) is 10.9. The number of hydrogen-bond donors (Lipinski definition) is 0. The van der Waals surface area contributed by atoms with Crippen LogP contribution in [0.4, 0.5) is 0 Å². The van der Waals surface area contributed by atoms with E-state index in [-0.39, 0.29) is 5.56 Å². The second kappa shape index (κ2) is 5.06. The summed E-state index contributed by atoms with van der Waals surface area (Å²) in [5, 5.41) is 4.38. The number of aryl methyl sites for hydroxylation is 3. The van der Waals surface area contributed by atoms with E-state index in [1.54, 1.807) is 4.57 Å². The van der Waals surface area contributed by atoms with Crippen molar-refractivity contribution in [3.8, 4) is 0 Å². The summed E-state index contributed by atoms with van der Waals surface area (Å²) < 4.78 is 3.93. The molecule has 2 aromatic heterocycles. The molecule has 0 aliphatic carbocycles. The van der Waals surface area contributed by atoms with E-state index in [9.17, 15) is 4.79 Å². The molecule has 0 saturated carbocycles. The van der Waals surface area contributed by atoms with Gasteiger partial charge in [-0.1, -0.05) is 6.92 Å². The van der Waals surface area contributed by atoms with Crippen LogP contribution in [0.5, 0.6) is 0 Å². The molecule has 0 saturated heterocycles. The minimum absolute atomic E-state index is 0.0678. The van der Waals surface area contributed by atoms with Gasteiger partial charge in [-0.25, -0.2) is 4.98 Å². The Hall–Kier alpha value is -1.43. The molecule has 6 heteroatoms. The lowest BCUT2D eigenvalue weighted by atomic mass is 10.3. The molecule has 0 amide bonds. The van der Waals surface area contributed by atoms with Gasteiger partial charge in [-0.3, -0.25) is 14.0 Å². The minimum Gasteiger partial charge on any atom is -0.290 e. The number of hydrogen-bond acceptors (Lipinski definition) is 3. The maximum atomic E-state index is 12.0. The lowest BCUT2D eigenvalue weighted by Gasteiger charge is -2.09. The number of nitrogens with zero attached hydrogens (tertiary/aromatic N) is 4. The van der Waals surface area contributed by atoms with Gasteiger partial charge in [-0.2, -0.15) is 5.10 Å². The maximum absolute atomic E-state index is 12.0. The Morgan fingerprint density at radius 2 is 2.17 bits per heavy atom. The predicted octanol–water partition coefficient (Wildman–Crippen LogP) is 1.66. The molecule has 0 unspecified atom stereocenters. The fourth-order valence-electron chi connectivity index (χ4n) is 1.79. The van der Waals surface area contributed by atoms with Crippen LogP contribution in [0.3, 0.4) is 0 Å². The minimum atomic E-state index is -0.0678. The molecule has 2 heterocycles. The molecule has 0 aromatic carbocycles. The van der Waals surface area contributed by atoms with E-state index in [0.717, 1.165) is 17.8 Å². The summed E-state index contributed by atoms with van der Waals surface area (Å²) >= 11 is 3.21. The van der Waals surface area contributed by atoms with Gasteiger partial charge in [0, 0.05) is 13.2 Å². The standard InChI is InChI=1S/C12H15BrN4O/c1-4-9-5-10(16(3)15-9)7-17-8(2)14-6-11(13)12(17)18/h5-6H,4,7H2,1-3H3. The fourth-order valence-corrected chi connectivity index (χ4v) is 2.11. The first-order valence-corrected chi connectivity index (χ1v) is 6.56. The van der Waals surface area contributed by atoms with Gasteiger partial charge in [0.05, 0.1) is 17.9 Å². The van der Waals surface area contributed by atoms with Crippen molar-refractivity contribution in [2.45, 2.75) is 26.8 Å². The lowest BCUT2D eigenvalue weighted by molar-refractivity contribution is 0.625. The van der Waals surface area contributed by atoms with Crippen molar-refractivity contribution >= 4 is 15.9 Å². The highest BCUT2D eigenvalue weighted by Gasteiger charge is 2.09. The van der Waals surface area contributed by atoms with Crippen molar-refractivity contribution < 1.29 is 0 Å². The SMILES string of the molecule is CCc1cc(Cn2c(C)ncc(Br)c2=O)n(C)n1. The molecule has 0 N–H and O–H groups in total. The van der Waals surface area contributed by atoms with Crippen LogP contribution in [0.15, 0.2) is 21.5 Å². The molecular weight excluding hydrogens is 296 g/mol. The molecule has 2 aromatic rings. The largest absolute Gasteiger partial charge is 0.290 e. The topological polar surface area (TPSA) is 52.7 Å².